The molecule has 120 valence electrons. The molecule has 1 fully saturated rings. The van der Waals surface area contributed by atoms with E-state index in [2.05, 4.69) is 18.7 Å². The lowest BCUT2D eigenvalue weighted by atomic mass is 9.80. The van der Waals surface area contributed by atoms with Crippen molar-refractivity contribution >= 4 is 5.78 Å². The number of nitrogens with zero attached hydrogens (tertiary/aromatic N) is 1. The first-order valence-corrected chi connectivity index (χ1v) is 8.12. The molecule has 2 unspecified atom stereocenters. The number of benzene rings is 1. The van der Waals surface area contributed by atoms with Crippen molar-refractivity contribution in [2.24, 2.45) is 11.8 Å². The molecule has 0 amide bonds. The van der Waals surface area contributed by atoms with Crippen molar-refractivity contribution in [3.05, 3.63) is 29.1 Å². The van der Waals surface area contributed by atoms with Crippen LogP contribution in [0.5, 0.6) is 5.75 Å². The molecule has 0 aromatic heterocycles. The maximum absolute atomic E-state index is 14.1. The Kier molecular flexibility index (Phi) is 4.22. The molecule has 2 heterocycles. The van der Waals surface area contributed by atoms with Gasteiger partial charge in [-0.3, -0.25) is 9.69 Å². The monoisotopic (exact) mass is 305 g/mol. The normalized spacial score (nSPS) is 25.0. The minimum atomic E-state index is -0.333. The first kappa shape index (κ1) is 15.5. The average Bonchev–Trinajstić information content (AvgIpc) is 2.47. The standard InChI is InChI=1S/C18H24FNO2/c1-11(2)6-13-10-20-5-4-12-7-18(22-3)15(19)8-14(12)16(20)9-17(13)21/h7-8,11,13,16H,4-6,9-10H2,1-3H3. The second-order valence-corrected chi connectivity index (χ2v) is 6.94. The van der Waals surface area contributed by atoms with E-state index in [0.717, 1.165) is 37.1 Å². The number of ether oxygens (including phenoxy) is 1. The summed E-state index contributed by atoms with van der Waals surface area (Å²) in [5.74, 6) is 0.969. The number of carbonyl (C=O) groups excluding carboxylic acids is 1. The number of rotatable bonds is 3. The van der Waals surface area contributed by atoms with E-state index in [4.69, 9.17) is 4.74 Å². The lowest BCUT2D eigenvalue weighted by Gasteiger charge is -2.43. The van der Waals surface area contributed by atoms with Crippen molar-refractivity contribution in [2.45, 2.75) is 39.2 Å². The molecule has 1 saturated heterocycles. The number of fused-ring (bicyclic) bond motifs is 3. The lowest BCUT2D eigenvalue weighted by Crippen LogP contribution is -2.46. The van der Waals surface area contributed by atoms with Gasteiger partial charge in [0.2, 0.25) is 0 Å². The largest absolute Gasteiger partial charge is 0.494 e. The molecule has 4 heteroatoms. The predicted octanol–water partition coefficient (Wildman–Crippen LogP) is 3.37. The summed E-state index contributed by atoms with van der Waals surface area (Å²) in [7, 11) is 1.49. The highest BCUT2D eigenvalue weighted by molar-refractivity contribution is 5.83. The summed E-state index contributed by atoms with van der Waals surface area (Å²) in [5.41, 5.74) is 2.09. The van der Waals surface area contributed by atoms with Gasteiger partial charge < -0.3 is 4.74 Å². The van der Waals surface area contributed by atoms with Gasteiger partial charge in [0.1, 0.15) is 5.78 Å². The van der Waals surface area contributed by atoms with Gasteiger partial charge in [0.05, 0.1) is 7.11 Å². The minimum absolute atomic E-state index is 0.0417. The first-order valence-electron chi connectivity index (χ1n) is 8.12. The van der Waals surface area contributed by atoms with Crippen LogP contribution in [0, 0.1) is 17.7 Å². The summed E-state index contributed by atoms with van der Waals surface area (Å²) in [6, 6.07) is 3.41. The van der Waals surface area contributed by atoms with Crippen molar-refractivity contribution in [1.29, 1.82) is 0 Å². The lowest BCUT2D eigenvalue weighted by molar-refractivity contribution is -0.129. The van der Waals surface area contributed by atoms with Crippen molar-refractivity contribution < 1.29 is 13.9 Å². The van der Waals surface area contributed by atoms with Gasteiger partial charge in [0.25, 0.3) is 0 Å². The van der Waals surface area contributed by atoms with Gasteiger partial charge in [-0.05, 0) is 42.0 Å². The molecular weight excluding hydrogens is 281 g/mol. The first-order chi connectivity index (χ1) is 10.5. The summed E-state index contributed by atoms with van der Waals surface area (Å²) >= 11 is 0. The van der Waals surface area contributed by atoms with Crippen LogP contribution in [0.2, 0.25) is 0 Å². The van der Waals surface area contributed by atoms with Crippen LogP contribution >= 0.6 is 0 Å². The fourth-order valence-electron chi connectivity index (χ4n) is 3.89. The molecule has 22 heavy (non-hydrogen) atoms. The Morgan fingerprint density at radius 3 is 2.86 bits per heavy atom. The Hall–Kier alpha value is -1.42. The third-order valence-corrected chi connectivity index (χ3v) is 4.94. The highest BCUT2D eigenvalue weighted by Crippen LogP contribution is 2.40. The van der Waals surface area contributed by atoms with E-state index in [1.54, 1.807) is 12.1 Å². The van der Waals surface area contributed by atoms with Crippen molar-refractivity contribution in [3.8, 4) is 5.75 Å². The van der Waals surface area contributed by atoms with Crippen LogP contribution in [-0.4, -0.2) is 30.9 Å². The van der Waals surface area contributed by atoms with E-state index in [9.17, 15) is 9.18 Å². The fourth-order valence-corrected chi connectivity index (χ4v) is 3.89. The predicted molar refractivity (Wildman–Crippen MR) is 83.5 cm³/mol. The molecule has 0 aliphatic carbocycles. The van der Waals surface area contributed by atoms with E-state index in [1.807, 2.05) is 0 Å². The van der Waals surface area contributed by atoms with E-state index in [1.165, 1.54) is 7.11 Å². The molecule has 2 atom stereocenters. The molecule has 2 aliphatic heterocycles. The van der Waals surface area contributed by atoms with Gasteiger partial charge >= 0.3 is 0 Å². The van der Waals surface area contributed by atoms with Crippen LogP contribution < -0.4 is 4.74 Å². The molecule has 0 saturated carbocycles. The van der Waals surface area contributed by atoms with Crippen molar-refractivity contribution in [2.75, 3.05) is 20.2 Å². The van der Waals surface area contributed by atoms with Crippen LogP contribution in [-0.2, 0) is 11.2 Å². The zero-order valence-electron chi connectivity index (χ0n) is 13.6. The number of Topliss-reactive ketones (excluding diaryl/α,β-unsaturated/α-hetero) is 1. The topological polar surface area (TPSA) is 29.5 Å². The maximum atomic E-state index is 14.1. The maximum Gasteiger partial charge on any atom is 0.165 e. The van der Waals surface area contributed by atoms with E-state index >= 15 is 0 Å². The Bertz CT molecular complexity index is 585. The molecule has 3 rings (SSSR count). The zero-order valence-corrected chi connectivity index (χ0v) is 13.6. The highest BCUT2D eigenvalue weighted by atomic mass is 19.1. The second kappa shape index (κ2) is 5.99. The summed E-state index contributed by atoms with van der Waals surface area (Å²) < 4.78 is 19.1. The summed E-state index contributed by atoms with van der Waals surface area (Å²) in [6.07, 6.45) is 2.35. The Morgan fingerprint density at radius 1 is 1.41 bits per heavy atom. The number of hydrogen-bond donors (Lipinski definition) is 0. The third kappa shape index (κ3) is 2.76. The molecule has 0 N–H and O–H groups in total. The van der Waals surface area contributed by atoms with Gasteiger partial charge in [-0.1, -0.05) is 13.8 Å². The van der Waals surface area contributed by atoms with Crippen LogP contribution in [0.3, 0.4) is 0 Å². The van der Waals surface area contributed by atoms with E-state index in [-0.39, 0.29) is 17.8 Å². The van der Waals surface area contributed by atoms with Gasteiger partial charge in [-0.25, -0.2) is 4.39 Å². The Balaban J connectivity index is 1.87. The van der Waals surface area contributed by atoms with Gasteiger partial charge in [-0.2, -0.15) is 0 Å². The highest BCUT2D eigenvalue weighted by Gasteiger charge is 2.38. The Morgan fingerprint density at radius 2 is 2.18 bits per heavy atom. The molecule has 0 spiro atoms. The van der Waals surface area contributed by atoms with E-state index < -0.39 is 0 Å². The summed E-state index contributed by atoms with van der Waals surface area (Å²) in [4.78, 5) is 14.8. The van der Waals surface area contributed by atoms with Gasteiger partial charge in [0.15, 0.2) is 11.6 Å². The van der Waals surface area contributed by atoms with Gasteiger partial charge in [0, 0.05) is 31.5 Å². The summed E-state index contributed by atoms with van der Waals surface area (Å²) in [5, 5.41) is 0. The molecule has 0 radical (unpaired) electrons. The quantitative estimate of drug-likeness (QED) is 0.857. The third-order valence-electron chi connectivity index (χ3n) is 4.94. The molecule has 0 bridgehead atoms. The summed E-state index contributed by atoms with van der Waals surface area (Å²) in [6.45, 7) is 6.07. The van der Waals surface area contributed by atoms with Crippen molar-refractivity contribution in [3.63, 3.8) is 0 Å². The molecular formula is C18H24FNO2. The molecule has 2 aliphatic rings. The second-order valence-electron chi connectivity index (χ2n) is 6.94. The minimum Gasteiger partial charge on any atom is -0.494 e. The molecule has 1 aromatic rings. The number of piperidine rings is 1. The van der Waals surface area contributed by atoms with Crippen molar-refractivity contribution in [1.82, 2.24) is 4.90 Å². The number of carbonyl (C=O) groups is 1. The number of halogens is 1. The van der Waals surface area contributed by atoms with Crippen LogP contribution in [0.1, 0.15) is 43.9 Å². The molecule has 3 nitrogen and oxygen atoms in total. The van der Waals surface area contributed by atoms with Crippen LogP contribution in [0.15, 0.2) is 12.1 Å². The number of methoxy groups -OCH3 is 1. The fraction of sp³-hybridized carbons (Fsp3) is 0.611. The average molecular weight is 305 g/mol. The van der Waals surface area contributed by atoms with E-state index in [0.29, 0.717) is 23.9 Å². The number of ketones is 1. The SMILES string of the molecule is COc1cc2c(cc1F)C1CC(=O)C(CC(C)C)CN1CC2. The smallest absolute Gasteiger partial charge is 0.165 e. The zero-order chi connectivity index (χ0) is 15.9. The van der Waals surface area contributed by atoms with Gasteiger partial charge in [-0.15, -0.1) is 0 Å². The molecule has 1 aromatic carbocycles. The Labute approximate surface area is 131 Å². The van der Waals surface area contributed by atoms with Crippen LogP contribution in [0.25, 0.3) is 0 Å². The number of hydrogen-bond acceptors (Lipinski definition) is 3. The van der Waals surface area contributed by atoms with Crippen LogP contribution in [0.4, 0.5) is 4.39 Å².